The molecule has 1 fully saturated rings. The monoisotopic (exact) mass is 379 g/mol. The topological polar surface area (TPSA) is 74.0 Å². The second kappa shape index (κ2) is 11.2. The molecule has 1 saturated heterocycles. The SMILES string of the molecule is CN=C(NCCCCN1CCC(C(N)=O)CC1)N(C)CCc1cccs1. The van der Waals surface area contributed by atoms with Crippen LogP contribution < -0.4 is 11.1 Å². The second-order valence-electron chi connectivity index (χ2n) is 6.95. The van der Waals surface area contributed by atoms with Gasteiger partial charge in [0.15, 0.2) is 5.96 Å². The van der Waals surface area contributed by atoms with Gasteiger partial charge in [-0.15, -0.1) is 11.3 Å². The van der Waals surface area contributed by atoms with Gasteiger partial charge in [0.1, 0.15) is 0 Å². The van der Waals surface area contributed by atoms with Crippen LogP contribution in [-0.2, 0) is 11.2 Å². The molecule has 1 aliphatic heterocycles. The van der Waals surface area contributed by atoms with Crippen molar-refractivity contribution in [1.29, 1.82) is 0 Å². The fourth-order valence-electron chi connectivity index (χ4n) is 3.33. The van der Waals surface area contributed by atoms with Gasteiger partial charge in [-0.05, 0) is 63.2 Å². The molecule has 0 radical (unpaired) electrons. The molecule has 146 valence electrons. The van der Waals surface area contributed by atoms with Crippen LogP contribution in [0.3, 0.4) is 0 Å². The van der Waals surface area contributed by atoms with E-state index in [2.05, 4.69) is 44.7 Å². The van der Waals surface area contributed by atoms with Crippen molar-refractivity contribution in [2.45, 2.75) is 32.1 Å². The van der Waals surface area contributed by atoms with Crippen LogP contribution in [0.2, 0.25) is 0 Å². The molecule has 6 nitrogen and oxygen atoms in total. The minimum Gasteiger partial charge on any atom is -0.369 e. The first-order valence-corrected chi connectivity index (χ1v) is 10.4. The summed E-state index contributed by atoms with van der Waals surface area (Å²) in [6, 6.07) is 4.28. The lowest BCUT2D eigenvalue weighted by molar-refractivity contribution is -0.123. The van der Waals surface area contributed by atoms with Crippen LogP contribution in [0.5, 0.6) is 0 Å². The van der Waals surface area contributed by atoms with Crippen LogP contribution in [0, 0.1) is 5.92 Å². The maximum atomic E-state index is 11.2. The lowest BCUT2D eigenvalue weighted by Gasteiger charge is -2.30. The molecule has 7 heteroatoms. The fraction of sp³-hybridized carbons (Fsp3) is 0.684. The standard InChI is InChI=1S/C19H33N5OS/c1-21-19(23(2)12-9-17-6-5-15-26-17)22-10-3-4-11-24-13-7-16(8-14-24)18(20)25/h5-6,15-16H,3-4,7-14H2,1-2H3,(H2,20,25)(H,21,22). The number of unbranched alkanes of at least 4 members (excludes halogenated alkanes) is 1. The van der Waals surface area contributed by atoms with Gasteiger partial charge in [-0.1, -0.05) is 6.07 Å². The lowest BCUT2D eigenvalue weighted by atomic mass is 9.96. The van der Waals surface area contributed by atoms with E-state index >= 15 is 0 Å². The Morgan fingerprint density at radius 2 is 2.19 bits per heavy atom. The number of primary amides is 1. The van der Waals surface area contributed by atoms with Gasteiger partial charge >= 0.3 is 0 Å². The molecule has 1 aromatic heterocycles. The second-order valence-corrected chi connectivity index (χ2v) is 7.98. The third-order valence-corrected chi connectivity index (χ3v) is 5.96. The molecule has 3 N–H and O–H groups in total. The maximum absolute atomic E-state index is 11.2. The molecule has 1 aliphatic rings. The Morgan fingerprint density at radius 1 is 1.42 bits per heavy atom. The minimum absolute atomic E-state index is 0.0842. The summed E-state index contributed by atoms with van der Waals surface area (Å²) in [4.78, 5) is 21.6. The molecule has 0 saturated carbocycles. The van der Waals surface area contributed by atoms with Crippen LogP contribution in [0.4, 0.5) is 0 Å². The first-order valence-electron chi connectivity index (χ1n) is 9.56. The number of nitrogens with one attached hydrogen (secondary N) is 1. The van der Waals surface area contributed by atoms with Gasteiger partial charge in [-0.2, -0.15) is 0 Å². The first kappa shape index (κ1) is 20.7. The normalized spacial score (nSPS) is 16.6. The van der Waals surface area contributed by atoms with Crippen LogP contribution in [0.15, 0.2) is 22.5 Å². The number of carbonyl (C=O) groups is 1. The highest BCUT2D eigenvalue weighted by Gasteiger charge is 2.22. The van der Waals surface area contributed by atoms with Crippen LogP contribution in [0.1, 0.15) is 30.6 Å². The summed E-state index contributed by atoms with van der Waals surface area (Å²) >= 11 is 1.81. The van der Waals surface area contributed by atoms with Crippen LogP contribution in [0.25, 0.3) is 0 Å². The minimum atomic E-state index is -0.136. The van der Waals surface area contributed by atoms with Crippen molar-refractivity contribution >= 4 is 23.2 Å². The number of thiophene rings is 1. The Labute approximate surface area is 161 Å². The third-order valence-electron chi connectivity index (χ3n) is 5.02. The smallest absolute Gasteiger partial charge is 0.220 e. The summed E-state index contributed by atoms with van der Waals surface area (Å²) < 4.78 is 0. The van der Waals surface area contributed by atoms with E-state index < -0.39 is 0 Å². The molecule has 0 atom stereocenters. The van der Waals surface area contributed by atoms with E-state index in [9.17, 15) is 4.79 Å². The Hall–Kier alpha value is -1.60. The highest BCUT2D eigenvalue weighted by atomic mass is 32.1. The van der Waals surface area contributed by atoms with Crippen molar-refractivity contribution in [1.82, 2.24) is 15.1 Å². The molecule has 2 heterocycles. The summed E-state index contributed by atoms with van der Waals surface area (Å²) in [7, 11) is 3.93. The fourth-order valence-corrected chi connectivity index (χ4v) is 4.02. The van der Waals surface area contributed by atoms with E-state index in [1.165, 1.54) is 4.88 Å². The number of hydrogen-bond acceptors (Lipinski definition) is 4. The van der Waals surface area contributed by atoms with E-state index in [1.807, 2.05) is 7.05 Å². The van der Waals surface area contributed by atoms with Crippen molar-refractivity contribution < 1.29 is 4.79 Å². The highest BCUT2D eigenvalue weighted by Crippen LogP contribution is 2.16. The Balaban J connectivity index is 1.55. The lowest BCUT2D eigenvalue weighted by Crippen LogP contribution is -2.41. The summed E-state index contributed by atoms with van der Waals surface area (Å²) in [5.74, 6) is 0.910. The van der Waals surface area contributed by atoms with Gasteiger partial charge in [0.25, 0.3) is 0 Å². The van der Waals surface area contributed by atoms with E-state index in [-0.39, 0.29) is 11.8 Å². The highest BCUT2D eigenvalue weighted by molar-refractivity contribution is 7.09. The number of piperidine rings is 1. The van der Waals surface area contributed by atoms with Gasteiger partial charge in [-0.3, -0.25) is 9.79 Å². The molecule has 2 rings (SSSR count). The van der Waals surface area contributed by atoms with Crippen LogP contribution >= 0.6 is 11.3 Å². The average molecular weight is 380 g/mol. The van der Waals surface area contributed by atoms with Crippen molar-refractivity contribution in [3.05, 3.63) is 22.4 Å². The van der Waals surface area contributed by atoms with Gasteiger partial charge in [0.05, 0.1) is 0 Å². The van der Waals surface area contributed by atoms with Crippen molar-refractivity contribution in [3.8, 4) is 0 Å². The third kappa shape index (κ3) is 6.96. The molecule has 1 aromatic rings. The molecular weight excluding hydrogens is 346 g/mol. The number of carbonyl (C=O) groups excluding carboxylic acids is 1. The van der Waals surface area contributed by atoms with Crippen molar-refractivity contribution in [2.75, 3.05) is 46.8 Å². The maximum Gasteiger partial charge on any atom is 0.220 e. The number of amides is 1. The quantitative estimate of drug-likeness (QED) is 0.390. The Morgan fingerprint density at radius 3 is 2.81 bits per heavy atom. The zero-order chi connectivity index (χ0) is 18.8. The summed E-state index contributed by atoms with van der Waals surface area (Å²) in [6.07, 6.45) is 5.15. The molecule has 0 aromatic carbocycles. The summed E-state index contributed by atoms with van der Waals surface area (Å²) in [5, 5.41) is 5.58. The number of nitrogens with two attached hydrogens (primary N) is 1. The summed E-state index contributed by atoms with van der Waals surface area (Å²) in [5.41, 5.74) is 5.39. The largest absolute Gasteiger partial charge is 0.369 e. The van der Waals surface area contributed by atoms with E-state index in [0.29, 0.717) is 0 Å². The zero-order valence-electron chi connectivity index (χ0n) is 16.1. The van der Waals surface area contributed by atoms with E-state index in [4.69, 9.17) is 5.73 Å². The number of likely N-dealkylation sites (N-methyl/N-ethyl adjacent to an activating group) is 1. The average Bonchev–Trinajstić information content (AvgIpc) is 3.16. The molecule has 0 unspecified atom stereocenters. The number of rotatable bonds is 9. The molecule has 0 aliphatic carbocycles. The van der Waals surface area contributed by atoms with Gasteiger partial charge < -0.3 is 20.9 Å². The van der Waals surface area contributed by atoms with Crippen molar-refractivity contribution in [2.24, 2.45) is 16.6 Å². The van der Waals surface area contributed by atoms with E-state index in [1.54, 1.807) is 11.3 Å². The molecule has 0 bridgehead atoms. The number of guanidine groups is 1. The van der Waals surface area contributed by atoms with Gasteiger partial charge in [-0.25, -0.2) is 0 Å². The molecule has 1 amide bonds. The van der Waals surface area contributed by atoms with Gasteiger partial charge in [0.2, 0.25) is 5.91 Å². The first-order chi connectivity index (χ1) is 12.6. The predicted molar refractivity (Wildman–Crippen MR) is 110 cm³/mol. The number of aliphatic imine (C=N–C) groups is 1. The molecule has 26 heavy (non-hydrogen) atoms. The Bertz CT molecular complexity index is 552. The van der Waals surface area contributed by atoms with Crippen LogP contribution in [-0.4, -0.2) is 68.5 Å². The van der Waals surface area contributed by atoms with E-state index in [0.717, 1.165) is 70.8 Å². The number of likely N-dealkylation sites (tertiary alicyclic amines) is 1. The summed E-state index contributed by atoms with van der Waals surface area (Å²) in [6.45, 7) is 4.99. The number of hydrogen-bond donors (Lipinski definition) is 2. The van der Waals surface area contributed by atoms with Crippen molar-refractivity contribution in [3.63, 3.8) is 0 Å². The predicted octanol–water partition coefficient (Wildman–Crippen LogP) is 1.78. The molecule has 0 spiro atoms. The number of nitrogens with zero attached hydrogens (tertiary/aromatic N) is 3. The Kier molecular flexibility index (Phi) is 8.91. The van der Waals surface area contributed by atoms with Gasteiger partial charge in [0, 0.05) is 38.0 Å². The molecular formula is C19H33N5OS. The zero-order valence-corrected chi connectivity index (χ0v) is 16.9.